The Hall–Kier alpha value is -2.32. The van der Waals surface area contributed by atoms with Gasteiger partial charge in [-0.2, -0.15) is 5.26 Å². The van der Waals surface area contributed by atoms with Crippen molar-refractivity contribution < 1.29 is 9.84 Å². The predicted molar refractivity (Wildman–Crippen MR) is 113 cm³/mol. The number of nitrogens with zero attached hydrogens (tertiary/aromatic N) is 2. The molecule has 1 aliphatic heterocycles. The summed E-state index contributed by atoms with van der Waals surface area (Å²) in [5.74, 6) is 0.753. The van der Waals surface area contributed by atoms with E-state index in [1.807, 2.05) is 22.8 Å². The van der Waals surface area contributed by atoms with E-state index in [-0.39, 0.29) is 6.23 Å². The Morgan fingerprint density at radius 3 is 2.66 bits per heavy atom. The third-order valence-electron chi connectivity index (χ3n) is 6.04. The van der Waals surface area contributed by atoms with Gasteiger partial charge in [-0.25, -0.2) is 0 Å². The lowest BCUT2D eigenvalue weighted by Crippen LogP contribution is -2.32. The first-order valence-corrected chi connectivity index (χ1v) is 10.6. The molecule has 4 nitrogen and oxygen atoms in total. The van der Waals surface area contributed by atoms with Gasteiger partial charge in [0.25, 0.3) is 0 Å². The van der Waals surface area contributed by atoms with E-state index in [0.29, 0.717) is 17.9 Å². The van der Waals surface area contributed by atoms with Crippen molar-refractivity contribution in [2.45, 2.75) is 56.5 Å². The molecule has 2 aliphatic rings. The maximum atomic E-state index is 10.2. The summed E-state index contributed by atoms with van der Waals surface area (Å²) < 4.78 is 7.98. The first-order valence-electron chi connectivity index (χ1n) is 10.2. The number of aliphatic hydroxyl groups excluding tert-OH is 1. The zero-order chi connectivity index (χ0) is 20.0. The summed E-state index contributed by atoms with van der Waals surface area (Å²) in [6, 6.07) is 16.9. The third-order valence-corrected chi connectivity index (χ3v) is 6.36. The van der Waals surface area contributed by atoms with Gasteiger partial charge in [0.05, 0.1) is 22.7 Å². The molecule has 0 bridgehead atoms. The molecule has 5 heteroatoms. The summed E-state index contributed by atoms with van der Waals surface area (Å²) in [7, 11) is 0. The highest BCUT2D eigenvalue weighted by Gasteiger charge is 2.30. The normalized spacial score (nSPS) is 24.5. The van der Waals surface area contributed by atoms with E-state index in [4.69, 9.17) is 16.3 Å². The van der Waals surface area contributed by atoms with Gasteiger partial charge in [-0.15, -0.1) is 0 Å². The van der Waals surface area contributed by atoms with Gasteiger partial charge in [0, 0.05) is 24.4 Å². The van der Waals surface area contributed by atoms with E-state index in [0.717, 1.165) is 28.8 Å². The second kappa shape index (κ2) is 7.50. The van der Waals surface area contributed by atoms with Crippen molar-refractivity contribution in [2.24, 2.45) is 0 Å². The van der Waals surface area contributed by atoms with Gasteiger partial charge in [-0.3, -0.25) is 0 Å². The molecule has 2 fully saturated rings. The third kappa shape index (κ3) is 3.67. The molecule has 1 saturated heterocycles. The van der Waals surface area contributed by atoms with Crippen LogP contribution in [0.5, 0.6) is 0 Å². The second-order valence-corrected chi connectivity index (χ2v) is 8.63. The van der Waals surface area contributed by atoms with Crippen molar-refractivity contribution in [3.8, 4) is 6.07 Å². The van der Waals surface area contributed by atoms with Crippen LogP contribution < -0.4 is 0 Å². The van der Waals surface area contributed by atoms with Gasteiger partial charge in [-0.05, 0) is 54.0 Å². The summed E-state index contributed by atoms with van der Waals surface area (Å²) in [4.78, 5) is 0. The van der Waals surface area contributed by atoms with Crippen molar-refractivity contribution in [2.75, 3.05) is 0 Å². The maximum Gasteiger partial charge on any atom is 0.149 e. The summed E-state index contributed by atoms with van der Waals surface area (Å²) in [6.07, 6.45) is 4.75. The minimum Gasteiger partial charge on any atom is -0.393 e. The lowest BCUT2D eigenvalue weighted by Gasteiger charge is -2.31. The molecular weight excluding hydrogens is 384 g/mol. The van der Waals surface area contributed by atoms with Crippen molar-refractivity contribution >= 4 is 22.5 Å². The molecule has 1 saturated carbocycles. The van der Waals surface area contributed by atoms with Crippen LogP contribution in [0.15, 0.2) is 48.7 Å². The number of fused-ring (bicyclic) bond motifs is 1. The highest BCUT2D eigenvalue weighted by atomic mass is 35.5. The van der Waals surface area contributed by atoms with Crippen LogP contribution in [0.3, 0.4) is 0 Å². The van der Waals surface area contributed by atoms with E-state index in [1.165, 1.54) is 24.0 Å². The fourth-order valence-electron chi connectivity index (χ4n) is 4.40. The minimum atomic E-state index is -0.598. The Kier molecular flexibility index (Phi) is 4.83. The van der Waals surface area contributed by atoms with Gasteiger partial charge in [0.15, 0.2) is 0 Å². The van der Waals surface area contributed by atoms with Crippen LogP contribution in [-0.2, 0) is 11.2 Å². The van der Waals surface area contributed by atoms with Gasteiger partial charge >= 0.3 is 0 Å². The van der Waals surface area contributed by atoms with Crippen LogP contribution in [0.1, 0.15) is 54.5 Å². The molecule has 148 valence electrons. The summed E-state index contributed by atoms with van der Waals surface area (Å²) in [6.45, 7) is 0. The smallest absolute Gasteiger partial charge is 0.149 e. The number of halogens is 1. The van der Waals surface area contributed by atoms with Crippen molar-refractivity contribution in [3.63, 3.8) is 0 Å². The highest BCUT2D eigenvalue weighted by molar-refractivity contribution is 6.35. The zero-order valence-electron chi connectivity index (χ0n) is 16.1. The van der Waals surface area contributed by atoms with Crippen LogP contribution in [0, 0.1) is 11.3 Å². The summed E-state index contributed by atoms with van der Waals surface area (Å²) >= 11 is 6.58. The monoisotopic (exact) mass is 406 g/mol. The molecule has 0 unspecified atom stereocenters. The molecule has 2 heterocycles. The number of benzene rings is 2. The topological polar surface area (TPSA) is 58.2 Å². The van der Waals surface area contributed by atoms with Crippen LogP contribution in [0.25, 0.3) is 10.9 Å². The molecule has 2 aromatic carbocycles. The number of hydrogen-bond donors (Lipinski definition) is 1. The van der Waals surface area contributed by atoms with Gasteiger partial charge in [-0.1, -0.05) is 41.9 Å². The number of hydrogen-bond acceptors (Lipinski definition) is 3. The number of nitriles is 1. The predicted octanol–water partition coefficient (Wildman–Crippen LogP) is 5.32. The van der Waals surface area contributed by atoms with Crippen molar-refractivity contribution in [1.29, 1.82) is 5.26 Å². The highest BCUT2D eigenvalue weighted by Crippen LogP contribution is 2.40. The molecule has 3 atom stereocenters. The minimum absolute atomic E-state index is 0.354. The molecule has 0 spiro atoms. The Bertz CT molecular complexity index is 1080. The molecule has 29 heavy (non-hydrogen) atoms. The first-order chi connectivity index (χ1) is 14.1. The van der Waals surface area contributed by atoms with Crippen LogP contribution in [0.2, 0.25) is 5.02 Å². The Morgan fingerprint density at radius 2 is 1.93 bits per heavy atom. The van der Waals surface area contributed by atoms with Crippen LogP contribution >= 0.6 is 11.6 Å². The number of rotatable bonds is 4. The number of aliphatic hydroxyl groups is 1. The standard InChI is InChI=1S/C24H23ClN2O2/c25-21-2-1-3-22-24(21)18(10-15-4-6-16(7-5-15)17-8-9-17)14-27(22)23-12-19(28)11-20(13-26)29-23/h1-7,14,17,19-20,23,28H,8-12H2/t19-,20-,23+/m0/s1. The summed E-state index contributed by atoms with van der Waals surface area (Å²) in [5, 5.41) is 21.2. The largest absolute Gasteiger partial charge is 0.393 e. The summed E-state index contributed by atoms with van der Waals surface area (Å²) in [5.41, 5.74) is 4.77. The molecule has 3 aromatic rings. The van der Waals surface area contributed by atoms with E-state index >= 15 is 0 Å². The van der Waals surface area contributed by atoms with Gasteiger partial charge in [0.2, 0.25) is 0 Å². The molecular formula is C24H23ClN2O2. The van der Waals surface area contributed by atoms with E-state index < -0.39 is 12.2 Å². The van der Waals surface area contributed by atoms with Crippen molar-refractivity contribution in [3.05, 3.63) is 70.4 Å². The lowest BCUT2D eigenvalue weighted by molar-refractivity contribution is -0.106. The number of ether oxygens (including phenoxy) is 1. The van der Waals surface area contributed by atoms with Crippen molar-refractivity contribution in [1.82, 2.24) is 4.57 Å². The average Bonchev–Trinajstić information content (AvgIpc) is 3.50. The SMILES string of the molecule is N#C[C@@H]1C[C@H](O)C[C@H](n2cc(Cc3ccc(C4CC4)cc3)c3c(Cl)cccc32)O1. The first kappa shape index (κ1) is 18.7. The van der Waals surface area contributed by atoms with Gasteiger partial charge < -0.3 is 14.4 Å². The molecule has 1 N–H and O–H groups in total. The molecule has 5 rings (SSSR count). The molecule has 1 aliphatic carbocycles. The van der Waals surface area contributed by atoms with Crippen LogP contribution in [0.4, 0.5) is 0 Å². The quantitative estimate of drug-likeness (QED) is 0.637. The Labute approximate surface area is 175 Å². The zero-order valence-corrected chi connectivity index (χ0v) is 16.8. The van der Waals surface area contributed by atoms with E-state index in [1.54, 1.807) is 0 Å². The second-order valence-electron chi connectivity index (χ2n) is 8.22. The average molecular weight is 407 g/mol. The van der Waals surface area contributed by atoms with E-state index in [2.05, 4.69) is 36.5 Å². The molecule has 0 radical (unpaired) electrons. The maximum absolute atomic E-state index is 10.2. The Morgan fingerprint density at radius 1 is 1.14 bits per heavy atom. The lowest BCUT2D eigenvalue weighted by atomic mass is 10.0. The Balaban J connectivity index is 1.51. The van der Waals surface area contributed by atoms with E-state index in [9.17, 15) is 10.4 Å². The fraction of sp³-hybridized carbons (Fsp3) is 0.375. The van der Waals surface area contributed by atoms with Crippen LogP contribution in [-0.4, -0.2) is 21.9 Å². The molecule has 1 aromatic heterocycles. The van der Waals surface area contributed by atoms with Gasteiger partial charge in [0.1, 0.15) is 12.3 Å². The number of aromatic nitrogens is 1. The molecule has 0 amide bonds. The fourth-order valence-corrected chi connectivity index (χ4v) is 4.69.